The monoisotopic (exact) mass is 513 g/mol. The number of thiazole rings is 1. The van der Waals surface area contributed by atoms with Crippen molar-refractivity contribution in [3.63, 3.8) is 0 Å². The summed E-state index contributed by atoms with van der Waals surface area (Å²) in [5.74, 6) is -2.05. The highest BCUT2D eigenvalue weighted by atomic mass is 32.1. The smallest absolute Gasteiger partial charge is 0.301 e. The molecular weight excluding hydrogens is 490 g/mol. The van der Waals surface area contributed by atoms with Crippen LogP contribution in [0.2, 0.25) is 0 Å². The predicted octanol–water partition coefficient (Wildman–Crippen LogP) is 6.06. The van der Waals surface area contributed by atoms with Crippen molar-refractivity contribution in [1.29, 1.82) is 0 Å². The molecule has 1 aliphatic rings. The quantitative estimate of drug-likeness (QED) is 0.117. The Morgan fingerprint density at radius 3 is 2.49 bits per heavy atom. The number of rotatable bonds is 4. The van der Waals surface area contributed by atoms with Crippen LogP contribution in [0.5, 0.6) is 0 Å². The SMILES string of the molecule is Cc1ccc(C)c(C(O)=C2C(=O)C(=O)N(c3nc4c(C)cc(C)cc4s3)C2c2cccc([N+](=O)[O-])c2)c1. The van der Waals surface area contributed by atoms with Gasteiger partial charge in [-0.25, -0.2) is 4.98 Å². The second-order valence-electron chi connectivity index (χ2n) is 9.26. The summed E-state index contributed by atoms with van der Waals surface area (Å²) < 4.78 is 0.849. The lowest BCUT2D eigenvalue weighted by atomic mass is 9.93. The zero-order chi connectivity index (χ0) is 26.6. The van der Waals surface area contributed by atoms with Gasteiger partial charge in [0.15, 0.2) is 5.13 Å². The topological polar surface area (TPSA) is 114 Å². The Labute approximate surface area is 216 Å². The number of fused-ring (bicyclic) bond motifs is 1. The van der Waals surface area contributed by atoms with Crippen LogP contribution in [0, 0.1) is 37.8 Å². The molecule has 37 heavy (non-hydrogen) atoms. The van der Waals surface area contributed by atoms with Crippen molar-refractivity contribution in [1.82, 2.24) is 4.98 Å². The summed E-state index contributed by atoms with van der Waals surface area (Å²) in [6.07, 6.45) is 0. The normalized spacial score (nSPS) is 17.1. The fourth-order valence-corrected chi connectivity index (χ4v) is 5.92. The third-order valence-electron chi connectivity index (χ3n) is 6.51. The van der Waals surface area contributed by atoms with Gasteiger partial charge in [-0.2, -0.15) is 0 Å². The number of nitrogens with zero attached hydrogens (tertiary/aromatic N) is 3. The van der Waals surface area contributed by atoms with Crippen LogP contribution in [0.3, 0.4) is 0 Å². The first-order valence-electron chi connectivity index (χ1n) is 11.6. The molecule has 1 amide bonds. The van der Waals surface area contributed by atoms with Crippen molar-refractivity contribution < 1.29 is 19.6 Å². The van der Waals surface area contributed by atoms with E-state index in [9.17, 15) is 24.8 Å². The van der Waals surface area contributed by atoms with E-state index in [1.54, 1.807) is 19.1 Å². The highest BCUT2D eigenvalue weighted by molar-refractivity contribution is 7.22. The Hall–Kier alpha value is -4.37. The first-order valence-corrected chi connectivity index (χ1v) is 12.4. The minimum atomic E-state index is -1.10. The Kier molecular flexibility index (Phi) is 5.88. The number of nitro benzene ring substituents is 1. The second-order valence-corrected chi connectivity index (χ2v) is 10.3. The molecule has 4 aromatic rings. The third kappa shape index (κ3) is 4.07. The Morgan fingerprint density at radius 2 is 1.76 bits per heavy atom. The molecule has 1 atom stereocenters. The molecule has 1 saturated heterocycles. The Balaban J connectivity index is 1.79. The molecule has 0 radical (unpaired) electrons. The van der Waals surface area contributed by atoms with E-state index in [1.165, 1.54) is 34.4 Å². The summed E-state index contributed by atoms with van der Waals surface area (Å²) in [5.41, 5.74) is 4.68. The lowest BCUT2D eigenvalue weighted by Gasteiger charge is -2.23. The first-order chi connectivity index (χ1) is 17.6. The van der Waals surface area contributed by atoms with Crippen molar-refractivity contribution in [2.24, 2.45) is 0 Å². The summed E-state index contributed by atoms with van der Waals surface area (Å²) >= 11 is 1.26. The first kappa shape index (κ1) is 24.3. The van der Waals surface area contributed by atoms with Crippen molar-refractivity contribution >= 4 is 49.8 Å². The van der Waals surface area contributed by atoms with E-state index >= 15 is 0 Å². The molecule has 1 unspecified atom stereocenters. The van der Waals surface area contributed by atoms with E-state index in [1.807, 2.05) is 45.0 Å². The molecule has 0 aliphatic carbocycles. The molecule has 2 heterocycles. The molecule has 0 spiro atoms. The van der Waals surface area contributed by atoms with Crippen molar-refractivity contribution in [3.05, 3.63) is 104 Å². The van der Waals surface area contributed by atoms with E-state index in [0.29, 0.717) is 16.6 Å². The molecule has 186 valence electrons. The van der Waals surface area contributed by atoms with Gasteiger partial charge in [0, 0.05) is 17.7 Å². The number of hydrogen-bond acceptors (Lipinski definition) is 7. The minimum Gasteiger partial charge on any atom is -0.507 e. The number of non-ortho nitro benzene ring substituents is 1. The molecule has 1 aliphatic heterocycles. The number of ketones is 1. The van der Waals surface area contributed by atoms with Gasteiger partial charge in [-0.1, -0.05) is 47.2 Å². The fraction of sp³-hybridized carbons (Fsp3) is 0.179. The molecule has 8 nitrogen and oxygen atoms in total. The van der Waals surface area contributed by atoms with Crippen molar-refractivity contribution in [3.8, 4) is 0 Å². The Morgan fingerprint density at radius 1 is 1.00 bits per heavy atom. The van der Waals surface area contributed by atoms with Crippen LogP contribution in [-0.4, -0.2) is 26.7 Å². The molecule has 1 fully saturated rings. The molecule has 1 aromatic heterocycles. The maximum absolute atomic E-state index is 13.5. The molecule has 5 rings (SSSR count). The van der Waals surface area contributed by atoms with Gasteiger partial charge in [0.2, 0.25) is 0 Å². The van der Waals surface area contributed by atoms with Crippen molar-refractivity contribution in [2.75, 3.05) is 4.90 Å². The number of carbonyl (C=O) groups is 2. The average molecular weight is 514 g/mol. The predicted molar refractivity (Wildman–Crippen MR) is 143 cm³/mol. The molecule has 0 saturated carbocycles. The van der Waals surface area contributed by atoms with Gasteiger partial charge in [0.05, 0.1) is 26.8 Å². The minimum absolute atomic E-state index is 0.133. The second kappa shape index (κ2) is 8.94. The maximum atomic E-state index is 13.5. The maximum Gasteiger partial charge on any atom is 0.301 e. The number of amides is 1. The van der Waals surface area contributed by atoms with Gasteiger partial charge < -0.3 is 5.11 Å². The molecule has 3 aromatic carbocycles. The van der Waals surface area contributed by atoms with Crippen LogP contribution >= 0.6 is 11.3 Å². The fourth-order valence-electron chi connectivity index (χ4n) is 4.75. The van der Waals surface area contributed by atoms with Crippen LogP contribution in [-0.2, 0) is 9.59 Å². The van der Waals surface area contributed by atoms with E-state index in [0.717, 1.165) is 27.0 Å². The van der Waals surface area contributed by atoms with Crippen LogP contribution < -0.4 is 4.90 Å². The number of nitro groups is 1. The largest absolute Gasteiger partial charge is 0.507 e. The molecular formula is C28H23N3O5S. The number of Topliss-reactive ketones (excluding diaryl/α,β-unsaturated/α-hetero) is 1. The molecule has 1 N–H and O–H groups in total. The van der Waals surface area contributed by atoms with Gasteiger partial charge in [-0.3, -0.25) is 24.6 Å². The zero-order valence-electron chi connectivity index (χ0n) is 20.6. The number of benzene rings is 3. The van der Waals surface area contributed by atoms with Gasteiger partial charge >= 0.3 is 5.91 Å². The summed E-state index contributed by atoms with van der Waals surface area (Å²) in [4.78, 5) is 43.9. The lowest BCUT2D eigenvalue weighted by molar-refractivity contribution is -0.384. The van der Waals surface area contributed by atoms with E-state index in [4.69, 9.17) is 0 Å². The highest BCUT2D eigenvalue weighted by Gasteiger charge is 2.48. The number of aryl methyl sites for hydroxylation is 4. The van der Waals surface area contributed by atoms with E-state index in [2.05, 4.69) is 4.98 Å². The van der Waals surface area contributed by atoms with Gasteiger partial charge in [-0.15, -0.1) is 0 Å². The van der Waals surface area contributed by atoms with Crippen LogP contribution in [0.15, 0.2) is 60.2 Å². The average Bonchev–Trinajstić information content (AvgIpc) is 3.39. The van der Waals surface area contributed by atoms with Gasteiger partial charge in [-0.05, 0) is 62.1 Å². The van der Waals surface area contributed by atoms with Crippen molar-refractivity contribution in [2.45, 2.75) is 33.7 Å². The summed E-state index contributed by atoms with van der Waals surface area (Å²) in [6.45, 7) is 7.54. The summed E-state index contributed by atoms with van der Waals surface area (Å²) in [5, 5.41) is 23.3. The van der Waals surface area contributed by atoms with Crippen LogP contribution in [0.25, 0.3) is 16.0 Å². The molecule has 0 bridgehead atoms. The summed E-state index contributed by atoms with van der Waals surface area (Å²) in [7, 11) is 0. The number of aliphatic hydroxyl groups is 1. The molecule has 9 heteroatoms. The summed E-state index contributed by atoms with van der Waals surface area (Å²) in [6, 6.07) is 14.1. The van der Waals surface area contributed by atoms with E-state index in [-0.39, 0.29) is 22.2 Å². The number of anilines is 1. The number of aliphatic hydroxyl groups excluding tert-OH is 1. The number of hydrogen-bond donors (Lipinski definition) is 1. The zero-order valence-corrected chi connectivity index (χ0v) is 21.4. The van der Waals surface area contributed by atoms with E-state index < -0.39 is 22.7 Å². The Bertz CT molecular complexity index is 1670. The van der Waals surface area contributed by atoms with Crippen LogP contribution in [0.1, 0.15) is 39.4 Å². The van der Waals surface area contributed by atoms with Crippen LogP contribution in [0.4, 0.5) is 10.8 Å². The third-order valence-corrected chi connectivity index (χ3v) is 7.52. The number of carbonyl (C=O) groups excluding carboxylic acids is 2. The highest BCUT2D eigenvalue weighted by Crippen LogP contribution is 2.45. The van der Waals surface area contributed by atoms with Gasteiger partial charge in [0.1, 0.15) is 5.76 Å². The standard InChI is InChI=1S/C28H23N3O5S/c1-14-8-9-16(3)20(11-14)25(32)22-24(18-6-5-7-19(13-18)31(35)36)30(27(34)26(22)33)28-29-23-17(4)10-15(2)12-21(23)37-28/h5-13,24,32H,1-4H3. The lowest BCUT2D eigenvalue weighted by Crippen LogP contribution is -2.29. The number of aromatic nitrogens is 1. The van der Waals surface area contributed by atoms with Gasteiger partial charge in [0.25, 0.3) is 11.5 Å².